The van der Waals surface area contributed by atoms with Crippen molar-refractivity contribution in [2.24, 2.45) is 0 Å². The molecule has 0 unspecified atom stereocenters. The van der Waals surface area contributed by atoms with E-state index in [1.54, 1.807) is 18.9 Å². The molecule has 0 N–H and O–H groups in total. The summed E-state index contributed by atoms with van der Waals surface area (Å²) < 4.78 is 5.23. The highest BCUT2D eigenvalue weighted by Gasteiger charge is 2.30. The van der Waals surface area contributed by atoms with Gasteiger partial charge in [0.1, 0.15) is 17.0 Å². The molecule has 0 bridgehead atoms. The number of nitrogens with zero attached hydrogens (tertiary/aromatic N) is 2. The smallest absolute Gasteiger partial charge is 0.263 e. The average molecular weight is 272 g/mol. The minimum atomic E-state index is -0.236. The summed E-state index contributed by atoms with van der Waals surface area (Å²) in [6, 6.07) is 9.54. The fourth-order valence-corrected chi connectivity index (χ4v) is 2.07. The molecule has 0 atom stereocenters. The molecule has 1 aromatic carbocycles. The molecule has 0 radical (unpaired) electrons. The monoisotopic (exact) mass is 272 g/mol. The van der Waals surface area contributed by atoms with Gasteiger partial charge in [-0.05, 0) is 19.1 Å². The minimum Gasteiger partial charge on any atom is -0.361 e. The van der Waals surface area contributed by atoms with E-state index in [2.05, 4.69) is 5.16 Å². The Morgan fingerprint density at radius 3 is 2.35 bits per heavy atom. The van der Waals surface area contributed by atoms with Gasteiger partial charge in [-0.15, -0.1) is 0 Å². The summed E-state index contributed by atoms with van der Waals surface area (Å²) >= 11 is 0. The third kappa shape index (κ3) is 2.59. The van der Waals surface area contributed by atoms with Crippen LogP contribution in [0.3, 0.4) is 0 Å². The molecule has 20 heavy (non-hydrogen) atoms. The summed E-state index contributed by atoms with van der Waals surface area (Å²) in [5, 5.41) is 4.06. The van der Waals surface area contributed by atoms with Gasteiger partial charge in [-0.3, -0.25) is 4.79 Å². The lowest BCUT2D eigenvalue weighted by molar-refractivity contribution is 0.0989. The van der Waals surface area contributed by atoms with E-state index in [-0.39, 0.29) is 11.3 Å². The van der Waals surface area contributed by atoms with Gasteiger partial charge >= 0.3 is 0 Å². The Labute approximate surface area is 119 Å². The standard InChI is InChI=1S/C16H20N2O2/c1-11-13(14(17-20-11)16(2,3)4)15(19)18(5)12-9-7-6-8-10-12/h6-10H,1-5H3. The maximum absolute atomic E-state index is 12.7. The summed E-state index contributed by atoms with van der Waals surface area (Å²) in [4.78, 5) is 14.3. The van der Waals surface area contributed by atoms with E-state index in [1.165, 1.54) is 0 Å². The quantitative estimate of drug-likeness (QED) is 0.839. The molecule has 106 valence electrons. The molecule has 1 heterocycles. The molecule has 0 spiro atoms. The van der Waals surface area contributed by atoms with Crippen LogP contribution in [0, 0.1) is 6.92 Å². The van der Waals surface area contributed by atoms with E-state index in [1.807, 2.05) is 51.1 Å². The first-order chi connectivity index (χ1) is 9.32. The summed E-state index contributed by atoms with van der Waals surface area (Å²) in [7, 11) is 1.76. The molecule has 0 saturated heterocycles. The predicted molar refractivity (Wildman–Crippen MR) is 79.1 cm³/mol. The molecule has 0 aliphatic carbocycles. The van der Waals surface area contributed by atoms with Crippen molar-refractivity contribution in [2.45, 2.75) is 33.1 Å². The number of hydrogen-bond donors (Lipinski definition) is 0. The largest absolute Gasteiger partial charge is 0.361 e. The molecule has 1 amide bonds. The van der Waals surface area contributed by atoms with Gasteiger partial charge in [0.25, 0.3) is 5.91 Å². The van der Waals surface area contributed by atoms with E-state index in [0.29, 0.717) is 17.0 Å². The van der Waals surface area contributed by atoms with Crippen molar-refractivity contribution in [1.29, 1.82) is 0 Å². The highest BCUT2D eigenvalue weighted by molar-refractivity contribution is 6.07. The highest BCUT2D eigenvalue weighted by Crippen LogP contribution is 2.28. The van der Waals surface area contributed by atoms with Crippen molar-refractivity contribution >= 4 is 11.6 Å². The molecular formula is C16H20N2O2. The Bertz CT molecular complexity index is 609. The second-order valence-electron chi connectivity index (χ2n) is 5.91. The number of carbonyl (C=O) groups is 1. The van der Waals surface area contributed by atoms with Crippen LogP contribution in [-0.2, 0) is 5.41 Å². The third-order valence-electron chi connectivity index (χ3n) is 3.24. The second-order valence-corrected chi connectivity index (χ2v) is 5.91. The molecular weight excluding hydrogens is 252 g/mol. The maximum Gasteiger partial charge on any atom is 0.263 e. The molecule has 0 fully saturated rings. The van der Waals surface area contributed by atoms with Crippen molar-refractivity contribution in [3.05, 3.63) is 47.3 Å². The maximum atomic E-state index is 12.7. The van der Waals surface area contributed by atoms with E-state index in [4.69, 9.17) is 4.52 Å². The lowest BCUT2D eigenvalue weighted by atomic mass is 9.88. The Hall–Kier alpha value is -2.10. The minimum absolute atomic E-state index is 0.0973. The highest BCUT2D eigenvalue weighted by atomic mass is 16.5. The summed E-state index contributed by atoms with van der Waals surface area (Å²) in [6.07, 6.45) is 0. The molecule has 4 nitrogen and oxygen atoms in total. The zero-order valence-corrected chi connectivity index (χ0v) is 12.6. The van der Waals surface area contributed by atoms with Crippen LogP contribution in [0.2, 0.25) is 0 Å². The van der Waals surface area contributed by atoms with E-state index >= 15 is 0 Å². The number of aromatic nitrogens is 1. The Morgan fingerprint density at radius 1 is 1.20 bits per heavy atom. The number of benzene rings is 1. The van der Waals surface area contributed by atoms with Gasteiger partial charge in [-0.25, -0.2) is 0 Å². The molecule has 0 aliphatic heterocycles. The fraction of sp³-hybridized carbons (Fsp3) is 0.375. The first-order valence-corrected chi connectivity index (χ1v) is 6.62. The third-order valence-corrected chi connectivity index (χ3v) is 3.24. The number of rotatable bonds is 2. The molecule has 2 aromatic rings. The number of amides is 1. The Kier molecular flexibility index (Phi) is 3.66. The van der Waals surface area contributed by atoms with Crippen molar-refractivity contribution in [2.75, 3.05) is 11.9 Å². The lowest BCUT2D eigenvalue weighted by Gasteiger charge is -2.20. The van der Waals surface area contributed by atoms with Crippen molar-refractivity contribution in [3.63, 3.8) is 0 Å². The molecule has 4 heteroatoms. The normalized spacial score (nSPS) is 11.4. The first-order valence-electron chi connectivity index (χ1n) is 6.62. The zero-order valence-electron chi connectivity index (χ0n) is 12.6. The topological polar surface area (TPSA) is 46.3 Å². The van der Waals surface area contributed by atoms with E-state index in [9.17, 15) is 4.79 Å². The average Bonchev–Trinajstić information content (AvgIpc) is 2.80. The van der Waals surface area contributed by atoms with Gasteiger partial charge < -0.3 is 9.42 Å². The number of para-hydroxylation sites is 1. The van der Waals surface area contributed by atoms with Crippen LogP contribution in [0.1, 0.15) is 42.6 Å². The first kappa shape index (κ1) is 14.3. The molecule has 1 aromatic heterocycles. The molecule has 0 saturated carbocycles. The number of aryl methyl sites for hydroxylation is 1. The van der Waals surface area contributed by atoms with Crippen molar-refractivity contribution < 1.29 is 9.32 Å². The second kappa shape index (κ2) is 5.12. The van der Waals surface area contributed by atoms with Crippen LogP contribution in [-0.4, -0.2) is 18.1 Å². The van der Waals surface area contributed by atoms with E-state index < -0.39 is 0 Å². The Morgan fingerprint density at radius 2 is 1.80 bits per heavy atom. The van der Waals surface area contributed by atoms with Crippen LogP contribution in [0.4, 0.5) is 5.69 Å². The summed E-state index contributed by atoms with van der Waals surface area (Å²) in [6.45, 7) is 7.82. The van der Waals surface area contributed by atoms with Crippen LogP contribution in [0.5, 0.6) is 0 Å². The van der Waals surface area contributed by atoms with E-state index in [0.717, 1.165) is 5.69 Å². The number of carbonyl (C=O) groups excluding carboxylic acids is 1. The van der Waals surface area contributed by atoms with Gasteiger partial charge in [-0.2, -0.15) is 0 Å². The number of hydrogen-bond acceptors (Lipinski definition) is 3. The number of anilines is 1. The van der Waals surface area contributed by atoms with Crippen LogP contribution in [0.15, 0.2) is 34.9 Å². The predicted octanol–water partition coefficient (Wildman–Crippen LogP) is 3.56. The SMILES string of the molecule is Cc1onc(C(C)(C)C)c1C(=O)N(C)c1ccccc1. The van der Waals surface area contributed by atoms with Gasteiger partial charge in [0.2, 0.25) is 0 Å². The van der Waals surface area contributed by atoms with Gasteiger partial charge in [0, 0.05) is 18.2 Å². The Balaban J connectivity index is 2.42. The van der Waals surface area contributed by atoms with Crippen molar-refractivity contribution in [1.82, 2.24) is 5.16 Å². The zero-order chi connectivity index (χ0) is 14.9. The van der Waals surface area contributed by atoms with Gasteiger partial charge in [0.05, 0.1) is 0 Å². The van der Waals surface area contributed by atoms with Crippen LogP contribution >= 0.6 is 0 Å². The van der Waals surface area contributed by atoms with Crippen molar-refractivity contribution in [3.8, 4) is 0 Å². The molecule has 2 rings (SSSR count). The summed E-state index contributed by atoms with van der Waals surface area (Å²) in [5.74, 6) is 0.461. The lowest BCUT2D eigenvalue weighted by Crippen LogP contribution is -2.29. The van der Waals surface area contributed by atoms with Gasteiger partial charge in [-0.1, -0.05) is 44.1 Å². The fourth-order valence-electron chi connectivity index (χ4n) is 2.07. The molecule has 0 aliphatic rings. The summed E-state index contributed by atoms with van der Waals surface area (Å²) in [5.41, 5.74) is 1.87. The van der Waals surface area contributed by atoms with Crippen LogP contribution < -0.4 is 4.90 Å². The van der Waals surface area contributed by atoms with Gasteiger partial charge in [0.15, 0.2) is 0 Å². The van der Waals surface area contributed by atoms with Crippen LogP contribution in [0.25, 0.3) is 0 Å².